The first-order valence-electron chi connectivity index (χ1n) is 7.81. The maximum absolute atomic E-state index is 11.3. The quantitative estimate of drug-likeness (QED) is 0.726. The number of thioether (sulfide) groups is 1. The SMILES string of the molecule is O=C(O)CC1(c2ccc(-c3ccc(Br)cc3)cc2)CCCCS1. The molecule has 0 aromatic heterocycles. The predicted octanol–water partition coefficient (Wildman–Crippen LogP) is 5.70. The number of carboxylic acids is 1. The van der Waals surface area contributed by atoms with Crippen molar-refractivity contribution in [3.8, 4) is 11.1 Å². The van der Waals surface area contributed by atoms with E-state index >= 15 is 0 Å². The fourth-order valence-corrected chi connectivity index (χ4v) is 5.00. The molecule has 1 saturated heterocycles. The fourth-order valence-electron chi connectivity index (χ4n) is 3.17. The standard InChI is InChI=1S/C19H19BrO2S/c20-17-9-5-15(6-10-17)14-3-7-16(8-4-14)19(13-18(21)22)11-1-2-12-23-19/h3-10H,1-2,11-13H2,(H,21,22). The molecule has 0 aliphatic carbocycles. The molecule has 0 amide bonds. The Morgan fingerprint density at radius 2 is 1.65 bits per heavy atom. The second-order valence-electron chi connectivity index (χ2n) is 5.95. The minimum Gasteiger partial charge on any atom is -0.481 e. The van der Waals surface area contributed by atoms with E-state index in [2.05, 4.69) is 52.3 Å². The Morgan fingerprint density at radius 3 is 2.17 bits per heavy atom. The summed E-state index contributed by atoms with van der Waals surface area (Å²) in [6.45, 7) is 0. The molecule has 4 heteroatoms. The first-order chi connectivity index (χ1) is 11.1. The second kappa shape index (κ2) is 7.10. The smallest absolute Gasteiger partial charge is 0.305 e. The van der Waals surface area contributed by atoms with Crippen molar-refractivity contribution >= 4 is 33.7 Å². The van der Waals surface area contributed by atoms with E-state index in [1.54, 1.807) is 0 Å². The van der Waals surface area contributed by atoms with Gasteiger partial charge in [0.15, 0.2) is 0 Å². The minimum atomic E-state index is -0.712. The lowest BCUT2D eigenvalue weighted by Gasteiger charge is -2.36. The zero-order valence-electron chi connectivity index (χ0n) is 12.8. The summed E-state index contributed by atoms with van der Waals surface area (Å²) in [5.41, 5.74) is 3.47. The molecule has 1 aliphatic rings. The molecular formula is C19H19BrO2S. The molecule has 0 saturated carbocycles. The summed E-state index contributed by atoms with van der Waals surface area (Å²) in [7, 11) is 0. The van der Waals surface area contributed by atoms with E-state index in [1.807, 2.05) is 23.9 Å². The number of hydrogen-bond acceptors (Lipinski definition) is 2. The monoisotopic (exact) mass is 390 g/mol. The van der Waals surface area contributed by atoms with Crippen molar-refractivity contribution in [2.75, 3.05) is 5.75 Å². The Hall–Kier alpha value is -1.26. The van der Waals surface area contributed by atoms with Gasteiger partial charge < -0.3 is 5.11 Å². The van der Waals surface area contributed by atoms with E-state index in [0.29, 0.717) is 0 Å². The van der Waals surface area contributed by atoms with E-state index in [1.165, 1.54) is 12.0 Å². The summed E-state index contributed by atoms with van der Waals surface area (Å²) >= 11 is 5.26. The molecule has 0 radical (unpaired) electrons. The third-order valence-electron chi connectivity index (χ3n) is 4.38. The average molecular weight is 391 g/mol. The van der Waals surface area contributed by atoms with Crippen LogP contribution in [0.4, 0.5) is 0 Å². The van der Waals surface area contributed by atoms with Gasteiger partial charge in [-0.15, -0.1) is 11.8 Å². The van der Waals surface area contributed by atoms with Gasteiger partial charge in [-0.2, -0.15) is 0 Å². The van der Waals surface area contributed by atoms with Crippen LogP contribution in [0.15, 0.2) is 53.0 Å². The summed E-state index contributed by atoms with van der Waals surface area (Å²) < 4.78 is 0.805. The number of benzene rings is 2. The molecule has 1 fully saturated rings. The maximum atomic E-state index is 11.3. The molecule has 2 nitrogen and oxygen atoms in total. The van der Waals surface area contributed by atoms with E-state index in [9.17, 15) is 9.90 Å². The number of aliphatic carboxylic acids is 1. The van der Waals surface area contributed by atoms with Crippen molar-refractivity contribution < 1.29 is 9.90 Å². The molecule has 1 N–H and O–H groups in total. The molecule has 0 spiro atoms. The van der Waals surface area contributed by atoms with Crippen molar-refractivity contribution in [2.24, 2.45) is 0 Å². The van der Waals surface area contributed by atoms with Gasteiger partial charge in [0.1, 0.15) is 0 Å². The summed E-state index contributed by atoms with van der Waals surface area (Å²) in [5, 5.41) is 9.33. The Kier molecular flexibility index (Phi) is 5.12. The van der Waals surface area contributed by atoms with Gasteiger partial charge in [-0.25, -0.2) is 0 Å². The summed E-state index contributed by atoms with van der Waals surface area (Å²) in [4.78, 5) is 11.3. The number of carboxylic acid groups (broad SMARTS) is 1. The van der Waals surface area contributed by atoms with E-state index < -0.39 is 5.97 Å². The molecule has 120 valence electrons. The maximum Gasteiger partial charge on any atom is 0.305 e. The minimum absolute atomic E-state index is 0.204. The third kappa shape index (κ3) is 3.81. The van der Waals surface area contributed by atoms with Crippen LogP contribution < -0.4 is 0 Å². The molecule has 3 rings (SSSR count). The van der Waals surface area contributed by atoms with Crippen molar-refractivity contribution in [1.82, 2.24) is 0 Å². The first kappa shape index (κ1) is 16.6. The highest BCUT2D eigenvalue weighted by Crippen LogP contribution is 2.47. The van der Waals surface area contributed by atoms with Crippen LogP contribution in [-0.4, -0.2) is 16.8 Å². The van der Waals surface area contributed by atoms with Crippen LogP contribution in [0.5, 0.6) is 0 Å². The molecule has 1 unspecified atom stereocenters. The first-order valence-corrected chi connectivity index (χ1v) is 9.59. The Balaban J connectivity index is 1.89. The van der Waals surface area contributed by atoms with Crippen LogP contribution in [0.2, 0.25) is 0 Å². The Morgan fingerprint density at radius 1 is 1.04 bits per heavy atom. The summed E-state index contributed by atoms with van der Waals surface area (Å²) in [5.74, 6) is 0.332. The van der Waals surface area contributed by atoms with Gasteiger partial charge in [-0.3, -0.25) is 4.79 Å². The Bertz CT molecular complexity index is 674. The van der Waals surface area contributed by atoms with Crippen LogP contribution in [-0.2, 0) is 9.54 Å². The normalized spacial score (nSPS) is 21.1. The highest BCUT2D eigenvalue weighted by atomic mass is 79.9. The molecule has 2 aromatic carbocycles. The molecule has 2 aromatic rings. The second-order valence-corrected chi connectivity index (χ2v) is 8.35. The van der Waals surface area contributed by atoms with Crippen molar-refractivity contribution in [3.63, 3.8) is 0 Å². The summed E-state index contributed by atoms with van der Waals surface area (Å²) in [6, 6.07) is 16.7. The third-order valence-corrected chi connectivity index (χ3v) is 6.54. The fraction of sp³-hybridized carbons (Fsp3) is 0.316. The van der Waals surface area contributed by atoms with Gasteiger partial charge in [-0.05, 0) is 47.4 Å². The highest BCUT2D eigenvalue weighted by Gasteiger charge is 2.36. The number of rotatable bonds is 4. The van der Waals surface area contributed by atoms with E-state index in [-0.39, 0.29) is 11.2 Å². The van der Waals surface area contributed by atoms with Gasteiger partial charge in [0.25, 0.3) is 0 Å². The number of halogens is 1. The van der Waals surface area contributed by atoms with Crippen molar-refractivity contribution in [3.05, 3.63) is 58.6 Å². The van der Waals surface area contributed by atoms with Crippen molar-refractivity contribution in [2.45, 2.75) is 30.4 Å². The van der Waals surface area contributed by atoms with Gasteiger partial charge in [0.05, 0.1) is 11.2 Å². The van der Waals surface area contributed by atoms with Crippen LogP contribution in [0.25, 0.3) is 11.1 Å². The molecule has 1 aliphatic heterocycles. The van der Waals surface area contributed by atoms with Crippen molar-refractivity contribution in [1.29, 1.82) is 0 Å². The zero-order valence-corrected chi connectivity index (χ0v) is 15.2. The number of carbonyl (C=O) groups is 1. The van der Waals surface area contributed by atoms with Gasteiger partial charge in [0.2, 0.25) is 0 Å². The zero-order chi connectivity index (χ0) is 16.3. The lowest BCUT2D eigenvalue weighted by atomic mass is 9.88. The average Bonchev–Trinajstić information content (AvgIpc) is 2.56. The lowest BCUT2D eigenvalue weighted by Crippen LogP contribution is -2.29. The predicted molar refractivity (Wildman–Crippen MR) is 99.8 cm³/mol. The largest absolute Gasteiger partial charge is 0.481 e. The number of hydrogen-bond donors (Lipinski definition) is 1. The van der Waals surface area contributed by atoms with Gasteiger partial charge >= 0.3 is 5.97 Å². The van der Waals surface area contributed by atoms with Gasteiger partial charge in [-0.1, -0.05) is 58.7 Å². The molecular weight excluding hydrogens is 372 g/mol. The van der Waals surface area contributed by atoms with Gasteiger partial charge in [0, 0.05) is 4.47 Å². The topological polar surface area (TPSA) is 37.3 Å². The van der Waals surface area contributed by atoms with Crippen LogP contribution >= 0.6 is 27.7 Å². The molecule has 1 heterocycles. The molecule has 1 atom stereocenters. The van der Waals surface area contributed by atoms with Crippen LogP contribution in [0.1, 0.15) is 31.2 Å². The lowest BCUT2D eigenvalue weighted by molar-refractivity contribution is -0.137. The summed E-state index contributed by atoms with van der Waals surface area (Å²) in [6.07, 6.45) is 3.44. The molecule has 0 bridgehead atoms. The van der Waals surface area contributed by atoms with Crippen LogP contribution in [0.3, 0.4) is 0 Å². The highest BCUT2D eigenvalue weighted by molar-refractivity contribution is 9.10. The van der Waals surface area contributed by atoms with E-state index in [4.69, 9.17) is 0 Å². The van der Waals surface area contributed by atoms with E-state index in [0.717, 1.165) is 34.2 Å². The molecule has 23 heavy (non-hydrogen) atoms. The van der Waals surface area contributed by atoms with Crippen LogP contribution in [0, 0.1) is 0 Å². The Labute approximate surface area is 149 Å².